The SMILES string of the molecule is COc1ccc(-c2nccn2C23CC4CC(CC(n5cncn5)(C4)C2)C3)c(C)c1C.O=CO. The number of hydrogen-bond donors (Lipinski definition) is 1. The number of nitrogens with zero attached hydrogens (tertiary/aromatic N) is 5. The normalized spacial score (nSPS) is 29.4. The van der Waals surface area contributed by atoms with Gasteiger partial charge in [-0.2, -0.15) is 5.10 Å². The first-order valence-electron chi connectivity index (χ1n) is 11.6. The zero-order valence-corrected chi connectivity index (χ0v) is 19.4. The summed E-state index contributed by atoms with van der Waals surface area (Å²) in [6.45, 7) is 4.07. The predicted molar refractivity (Wildman–Crippen MR) is 123 cm³/mol. The van der Waals surface area contributed by atoms with Gasteiger partial charge in [0.15, 0.2) is 0 Å². The van der Waals surface area contributed by atoms with E-state index < -0.39 is 0 Å². The summed E-state index contributed by atoms with van der Waals surface area (Å²) in [6.07, 6.45) is 15.3. The predicted octanol–water partition coefficient (Wildman–Crippen LogP) is 4.17. The zero-order chi connectivity index (χ0) is 23.2. The minimum Gasteiger partial charge on any atom is -0.496 e. The van der Waals surface area contributed by atoms with Crippen LogP contribution in [0.15, 0.2) is 37.2 Å². The van der Waals surface area contributed by atoms with Gasteiger partial charge in [-0.05, 0) is 87.5 Å². The molecule has 4 saturated carbocycles. The number of rotatable bonds is 4. The molecule has 2 heterocycles. The molecule has 2 unspecified atom stereocenters. The van der Waals surface area contributed by atoms with Crippen molar-refractivity contribution < 1.29 is 14.6 Å². The number of carboxylic acid groups (broad SMARTS) is 1. The average molecular weight is 450 g/mol. The van der Waals surface area contributed by atoms with Crippen LogP contribution in [0, 0.1) is 25.7 Å². The van der Waals surface area contributed by atoms with E-state index in [1.54, 1.807) is 13.4 Å². The number of carbonyl (C=O) groups is 1. The summed E-state index contributed by atoms with van der Waals surface area (Å²) in [4.78, 5) is 17.5. The topological polar surface area (TPSA) is 95.1 Å². The van der Waals surface area contributed by atoms with E-state index in [-0.39, 0.29) is 17.6 Å². The molecule has 4 aliphatic carbocycles. The molecule has 1 N–H and O–H groups in total. The molecule has 0 radical (unpaired) electrons. The number of hydrogen-bond acceptors (Lipinski definition) is 5. The van der Waals surface area contributed by atoms with Gasteiger partial charge in [-0.3, -0.25) is 4.79 Å². The Kier molecular flexibility index (Phi) is 5.26. The highest BCUT2D eigenvalue weighted by Gasteiger charge is 2.60. The molecule has 0 amide bonds. The Morgan fingerprint density at radius 2 is 1.82 bits per heavy atom. The molecule has 8 heteroatoms. The van der Waals surface area contributed by atoms with E-state index in [2.05, 4.69) is 51.5 Å². The molecule has 1 aromatic carbocycles. The van der Waals surface area contributed by atoms with Gasteiger partial charge in [-0.15, -0.1) is 0 Å². The van der Waals surface area contributed by atoms with Gasteiger partial charge in [-0.1, -0.05) is 0 Å². The van der Waals surface area contributed by atoms with Crippen LogP contribution in [0.4, 0.5) is 0 Å². The molecule has 8 nitrogen and oxygen atoms in total. The highest BCUT2D eigenvalue weighted by atomic mass is 16.5. The highest BCUT2D eigenvalue weighted by Crippen LogP contribution is 2.63. The van der Waals surface area contributed by atoms with Crippen molar-refractivity contribution in [2.45, 2.75) is 63.5 Å². The number of aromatic nitrogens is 5. The van der Waals surface area contributed by atoms with Gasteiger partial charge in [-0.25, -0.2) is 14.6 Å². The van der Waals surface area contributed by atoms with Crippen LogP contribution in [0.2, 0.25) is 0 Å². The van der Waals surface area contributed by atoms with E-state index in [4.69, 9.17) is 19.6 Å². The fraction of sp³-hybridized carbons (Fsp3) is 0.520. The Bertz CT molecular complexity index is 1140. The van der Waals surface area contributed by atoms with Crippen molar-refractivity contribution in [1.29, 1.82) is 0 Å². The zero-order valence-electron chi connectivity index (χ0n) is 19.4. The minimum atomic E-state index is -0.250. The lowest BCUT2D eigenvalue weighted by molar-refractivity contribution is -0.122. The van der Waals surface area contributed by atoms with Crippen molar-refractivity contribution in [3.05, 3.63) is 48.3 Å². The molecular formula is C25H31N5O3. The molecule has 4 aliphatic rings. The maximum absolute atomic E-state index is 8.36. The third-order valence-corrected chi connectivity index (χ3v) is 8.25. The molecule has 33 heavy (non-hydrogen) atoms. The largest absolute Gasteiger partial charge is 0.496 e. The molecule has 174 valence electrons. The number of methoxy groups -OCH3 is 1. The van der Waals surface area contributed by atoms with Crippen molar-refractivity contribution in [2.75, 3.05) is 7.11 Å². The number of benzene rings is 1. The second kappa shape index (κ2) is 8.01. The van der Waals surface area contributed by atoms with E-state index in [0.717, 1.165) is 29.8 Å². The van der Waals surface area contributed by atoms with Crippen LogP contribution >= 0.6 is 0 Å². The van der Waals surface area contributed by atoms with Gasteiger partial charge in [0.05, 0.1) is 12.6 Å². The monoisotopic (exact) mass is 449 g/mol. The lowest BCUT2D eigenvalue weighted by atomic mass is 9.49. The smallest absolute Gasteiger partial charge is 0.290 e. The summed E-state index contributed by atoms with van der Waals surface area (Å²) < 4.78 is 10.2. The maximum Gasteiger partial charge on any atom is 0.290 e. The van der Waals surface area contributed by atoms with E-state index in [0.29, 0.717) is 0 Å². The van der Waals surface area contributed by atoms with Crippen LogP contribution in [0.3, 0.4) is 0 Å². The van der Waals surface area contributed by atoms with Gasteiger partial charge in [0, 0.05) is 23.5 Å². The Balaban J connectivity index is 0.000000724. The van der Waals surface area contributed by atoms with Crippen molar-refractivity contribution >= 4 is 6.47 Å². The molecule has 0 aliphatic heterocycles. The van der Waals surface area contributed by atoms with Gasteiger partial charge >= 0.3 is 0 Å². The molecule has 0 saturated heterocycles. The molecule has 3 aromatic rings. The van der Waals surface area contributed by atoms with E-state index >= 15 is 0 Å². The second-order valence-electron chi connectivity index (χ2n) is 10.0. The van der Waals surface area contributed by atoms with Gasteiger partial charge < -0.3 is 14.4 Å². The fourth-order valence-electron chi connectivity index (χ4n) is 7.31. The van der Waals surface area contributed by atoms with E-state index in [9.17, 15) is 0 Å². The summed E-state index contributed by atoms with van der Waals surface area (Å²) in [7, 11) is 1.74. The quantitative estimate of drug-likeness (QED) is 0.601. The standard InChI is InChI=1S/C24H29N5O.CH2O2/c1-16-17(2)21(30-3)5-4-20(16)22-26-6-7-28(22)23-9-18-8-19(10-23)12-24(11-18,13-23)29-15-25-14-27-29;2-1-3/h4-7,14-15,18-19H,8-13H2,1-3H3;1H,(H,2,3). The fourth-order valence-corrected chi connectivity index (χ4v) is 7.31. The Hall–Kier alpha value is -3.16. The lowest BCUT2D eigenvalue weighted by Gasteiger charge is -2.62. The minimum absolute atomic E-state index is 0.104. The van der Waals surface area contributed by atoms with Crippen LogP contribution in [-0.4, -0.2) is 43.0 Å². The van der Waals surface area contributed by atoms with Crippen LogP contribution in [-0.2, 0) is 15.9 Å². The molecule has 0 spiro atoms. The lowest BCUT2D eigenvalue weighted by Crippen LogP contribution is -2.60. The third kappa shape index (κ3) is 3.34. The van der Waals surface area contributed by atoms with Crippen molar-refractivity contribution in [1.82, 2.24) is 24.3 Å². The molecule has 2 atom stereocenters. The molecule has 4 bridgehead atoms. The van der Waals surface area contributed by atoms with Crippen molar-refractivity contribution in [3.8, 4) is 17.1 Å². The maximum atomic E-state index is 8.36. The Morgan fingerprint density at radius 3 is 2.45 bits per heavy atom. The van der Waals surface area contributed by atoms with E-state index in [1.807, 2.05) is 12.5 Å². The Morgan fingerprint density at radius 1 is 1.12 bits per heavy atom. The number of ether oxygens (including phenoxy) is 1. The van der Waals surface area contributed by atoms with Crippen LogP contribution < -0.4 is 4.74 Å². The summed E-state index contributed by atoms with van der Waals surface area (Å²) in [5.74, 6) is 3.54. The molecule has 2 aromatic heterocycles. The van der Waals surface area contributed by atoms with Gasteiger partial charge in [0.1, 0.15) is 24.2 Å². The van der Waals surface area contributed by atoms with Crippen LogP contribution in [0.1, 0.15) is 49.7 Å². The molecule has 7 rings (SSSR count). The summed E-state index contributed by atoms with van der Waals surface area (Å²) >= 11 is 0. The third-order valence-electron chi connectivity index (χ3n) is 8.25. The average Bonchev–Trinajstić information content (AvgIpc) is 3.48. The van der Waals surface area contributed by atoms with Crippen molar-refractivity contribution in [2.24, 2.45) is 11.8 Å². The second-order valence-corrected chi connectivity index (χ2v) is 10.0. The number of imidazole rings is 1. The van der Waals surface area contributed by atoms with Gasteiger partial charge in [0.25, 0.3) is 6.47 Å². The van der Waals surface area contributed by atoms with Crippen molar-refractivity contribution in [3.63, 3.8) is 0 Å². The summed E-state index contributed by atoms with van der Waals surface area (Å²) in [5, 5.41) is 11.5. The summed E-state index contributed by atoms with van der Waals surface area (Å²) in [6, 6.07) is 4.25. The first kappa shape index (κ1) is 21.7. The Labute approximate surface area is 193 Å². The van der Waals surface area contributed by atoms with E-state index in [1.165, 1.54) is 48.8 Å². The molecule has 4 fully saturated rings. The van der Waals surface area contributed by atoms with Gasteiger partial charge in [0.2, 0.25) is 0 Å². The van der Waals surface area contributed by atoms with Crippen LogP contribution in [0.25, 0.3) is 11.4 Å². The molecular weight excluding hydrogens is 418 g/mol. The summed E-state index contributed by atoms with van der Waals surface area (Å²) in [5.41, 5.74) is 3.87. The van der Waals surface area contributed by atoms with Crippen LogP contribution in [0.5, 0.6) is 5.75 Å². The first-order valence-corrected chi connectivity index (χ1v) is 11.6. The highest BCUT2D eigenvalue weighted by molar-refractivity contribution is 5.65. The first-order chi connectivity index (χ1) is 15.9.